The van der Waals surface area contributed by atoms with E-state index in [1.54, 1.807) is 0 Å². The van der Waals surface area contributed by atoms with Crippen molar-refractivity contribution in [1.82, 2.24) is 10.2 Å². The van der Waals surface area contributed by atoms with Gasteiger partial charge in [-0.15, -0.1) is 0 Å². The van der Waals surface area contributed by atoms with Gasteiger partial charge in [-0.1, -0.05) is 6.42 Å². The van der Waals surface area contributed by atoms with Gasteiger partial charge in [0, 0.05) is 19.6 Å². The van der Waals surface area contributed by atoms with Gasteiger partial charge in [0.25, 0.3) is 0 Å². The molecular formula is C15H28N2. The summed E-state index contributed by atoms with van der Waals surface area (Å²) in [5, 5.41) is 3.49. The number of piperidine rings is 1. The average molecular weight is 236 g/mol. The van der Waals surface area contributed by atoms with Gasteiger partial charge in [0.05, 0.1) is 0 Å². The van der Waals surface area contributed by atoms with Gasteiger partial charge < -0.3 is 10.2 Å². The number of hydrogen-bond acceptors (Lipinski definition) is 2. The van der Waals surface area contributed by atoms with Gasteiger partial charge in [-0.3, -0.25) is 0 Å². The maximum atomic E-state index is 3.49. The van der Waals surface area contributed by atoms with Crippen LogP contribution in [0.5, 0.6) is 0 Å². The van der Waals surface area contributed by atoms with Crippen molar-refractivity contribution in [2.24, 2.45) is 17.8 Å². The summed E-state index contributed by atoms with van der Waals surface area (Å²) in [6.45, 7) is 6.74. The fourth-order valence-electron chi connectivity index (χ4n) is 3.36. The van der Waals surface area contributed by atoms with E-state index in [1.807, 2.05) is 0 Å². The van der Waals surface area contributed by atoms with Crippen molar-refractivity contribution in [3.05, 3.63) is 0 Å². The molecule has 0 aromatic heterocycles. The SMILES string of the molecule is C1CC(CN(CC2CCNCC2)CC2CC2)C1. The normalized spacial score (nSPS) is 27.4. The molecule has 0 atom stereocenters. The lowest BCUT2D eigenvalue weighted by molar-refractivity contribution is 0.142. The Bertz CT molecular complexity index is 227. The quantitative estimate of drug-likeness (QED) is 0.762. The third kappa shape index (κ3) is 3.69. The van der Waals surface area contributed by atoms with Crippen molar-refractivity contribution in [2.75, 3.05) is 32.7 Å². The smallest absolute Gasteiger partial charge is 0.00108 e. The highest BCUT2D eigenvalue weighted by atomic mass is 15.1. The van der Waals surface area contributed by atoms with Crippen LogP contribution in [0.25, 0.3) is 0 Å². The van der Waals surface area contributed by atoms with Crippen LogP contribution in [0.15, 0.2) is 0 Å². The predicted molar refractivity (Wildman–Crippen MR) is 72.1 cm³/mol. The zero-order valence-electron chi connectivity index (χ0n) is 11.2. The van der Waals surface area contributed by atoms with Gasteiger partial charge in [-0.05, 0) is 69.4 Å². The van der Waals surface area contributed by atoms with Crippen molar-refractivity contribution < 1.29 is 0 Å². The molecule has 0 radical (unpaired) electrons. The molecule has 1 heterocycles. The van der Waals surface area contributed by atoms with Crippen molar-refractivity contribution in [3.8, 4) is 0 Å². The minimum atomic E-state index is 0.982. The summed E-state index contributed by atoms with van der Waals surface area (Å²) in [6, 6.07) is 0. The number of hydrogen-bond donors (Lipinski definition) is 1. The highest BCUT2D eigenvalue weighted by Crippen LogP contribution is 2.33. The van der Waals surface area contributed by atoms with Crippen LogP contribution >= 0.6 is 0 Å². The van der Waals surface area contributed by atoms with Gasteiger partial charge >= 0.3 is 0 Å². The van der Waals surface area contributed by atoms with E-state index in [0.717, 1.165) is 17.8 Å². The molecule has 1 saturated heterocycles. The van der Waals surface area contributed by atoms with Crippen LogP contribution in [0, 0.1) is 17.8 Å². The molecule has 17 heavy (non-hydrogen) atoms. The number of nitrogens with one attached hydrogen (secondary N) is 1. The van der Waals surface area contributed by atoms with Crippen LogP contribution in [-0.2, 0) is 0 Å². The molecule has 3 rings (SSSR count). The maximum absolute atomic E-state index is 3.49. The van der Waals surface area contributed by atoms with E-state index in [1.165, 1.54) is 77.7 Å². The first-order valence-corrected chi connectivity index (χ1v) is 7.83. The minimum Gasteiger partial charge on any atom is -0.317 e. The molecule has 3 fully saturated rings. The summed E-state index contributed by atoms with van der Waals surface area (Å²) in [5.74, 6) is 3.10. The van der Waals surface area contributed by atoms with Crippen LogP contribution in [0.4, 0.5) is 0 Å². The average Bonchev–Trinajstić information content (AvgIpc) is 3.09. The Kier molecular flexibility index (Phi) is 4.02. The summed E-state index contributed by atoms with van der Waals surface area (Å²) in [4.78, 5) is 2.83. The molecule has 2 nitrogen and oxygen atoms in total. The molecule has 0 aromatic rings. The zero-order valence-corrected chi connectivity index (χ0v) is 11.2. The lowest BCUT2D eigenvalue weighted by Gasteiger charge is -2.35. The first kappa shape index (κ1) is 12.0. The lowest BCUT2D eigenvalue weighted by atomic mass is 9.84. The molecule has 98 valence electrons. The first-order chi connectivity index (χ1) is 8.40. The molecule has 0 bridgehead atoms. The van der Waals surface area contributed by atoms with Crippen LogP contribution in [-0.4, -0.2) is 37.6 Å². The number of nitrogens with zero attached hydrogens (tertiary/aromatic N) is 1. The molecular weight excluding hydrogens is 208 g/mol. The van der Waals surface area contributed by atoms with Gasteiger partial charge in [-0.25, -0.2) is 0 Å². The van der Waals surface area contributed by atoms with Gasteiger partial charge in [0.1, 0.15) is 0 Å². The van der Waals surface area contributed by atoms with Crippen LogP contribution in [0.1, 0.15) is 44.9 Å². The van der Waals surface area contributed by atoms with Crippen molar-refractivity contribution in [1.29, 1.82) is 0 Å². The Hall–Kier alpha value is -0.0800. The summed E-state index contributed by atoms with van der Waals surface area (Å²) in [5.41, 5.74) is 0. The third-order valence-electron chi connectivity index (χ3n) is 4.93. The molecule has 0 unspecified atom stereocenters. The van der Waals surface area contributed by atoms with Crippen LogP contribution in [0.3, 0.4) is 0 Å². The second kappa shape index (κ2) is 5.71. The van der Waals surface area contributed by atoms with Gasteiger partial charge in [-0.2, -0.15) is 0 Å². The van der Waals surface area contributed by atoms with Gasteiger partial charge in [0.15, 0.2) is 0 Å². The second-order valence-electron chi connectivity index (χ2n) is 6.65. The maximum Gasteiger partial charge on any atom is 0.00108 e. The van der Waals surface area contributed by atoms with Gasteiger partial charge in [0.2, 0.25) is 0 Å². The Morgan fingerprint density at radius 3 is 1.71 bits per heavy atom. The molecule has 2 saturated carbocycles. The largest absolute Gasteiger partial charge is 0.317 e. The van der Waals surface area contributed by atoms with E-state index >= 15 is 0 Å². The number of rotatable bonds is 6. The zero-order chi connectivity index (χ0) is 11.5. The first-order valence-electron chi connectivity index (χ1n) is 7.83. The fraction of sp³-hybridized carbons (Fsp3) is 1.00. The Labute approximate surface area is 106 Å². The third-order valence-corrected chi connectivity index (χ3v) is 4.93. The van der Waals surface area contributed by atoms with Crippen LogP contribution in [0.2, 0.25) is 0 Å². The molecule has 1 aliphatic heterocycles. The molecule has 2 aliphatic carbocycles. The summed E-state index contributed by atoms with van der Waals surface area (Å²) in [6.07, 6.45) is 10.3. The molecule has 2 heteroatoms. The van der Waals surface area contributed by atoms with Crippen molar-refractivity contribution in [2.45, 2.75) is 44.9 Å². The Morgan fingerprint density at radius 2 is 1.24 bits per heavy atom. The second-order valence-corrected chi connectivity index (χ2v) is 6.65. The molecule has 3 aliphatic rings. The Balaban J connectivity index is 1.45. The van der Waals surface area contributed by atoms with E-state index < -0.39 is 0 Å². The standard InChI is InChI=1S/C15H28N2/c1-2-13(3-1)10-17(11-14-4-5-14)12-15-6-8-16-9-7-15/h13-16H,1-12H2. The molecule has 0 spiro atoms. The van der Waals surface area contributed by atoms with Crippen molar-refractivity contribution in [3.63, 3.8) is 0 Å². The Morgan fingerprint density at radius 1 is 0.706 bits per heavy atom. The monoisotopic (exact) mass is 236 g/mol. The van der Waals surface area contributed by atoms with Crippen molar-refractivity contribution >= 4 is 0 Å². The molecule has 0 amide bonds. The van der Waals surface area contributed by atoms with E-state index in [-0.39, 0.29) is 0 Å². The highest BCUT2D eigenvalue weighted by molar-refractivity contribution is 4.82. The fourth-order valence-corrected chi connectivity index (χ4v) is 3.36. The summed E-state index contributed by atoms with van der Waals surface area (Å²) < 4.78 is 0. The summed E-state index contributed by atoms with van der Waals surface area (Å²) >= 11 is 0. The topological polar surface area (TPSA) is 15.3 Å². The van der Waals surface area contributed by atoms with Crippen LogP contribution < -0.4 is 5.32 Å². The summed E-state index contributed by atoms with van der Waals surface area (Å²) in [7, 11) is 0. The predicted octanol–water partition coefficient (Wildman–Crippen LogP) is 2.50. The van der Waals surface area contributed by atoms with E-state index in [0.29, 0.717) is 0 Å². The molecule has 1 N–H and O–H groups in total. The van der Waals surface area contributed by atoms with E-state index in [9.17, 15) is 0 Å². The minimum absolute atomic E-state index is 0.982. The lowest BCUT2D eigenvalue weighted by Crippen LogP contribution is -2.40. The molecule has 0 aromatic carbocycles. The highest BCUT2D eigenvalue weighted by Gasteiger charge is 2.28. The van der Waals surface area contributed by atoms with E-state index in [4.69, 9.17) is 0 Å². The van der Waals surface area contributed by atoms with E-state index in [2.05, 4.69) is 10.2 Å².